The van der Waals surface area contributed by atoms with Gasteiger partial charge < -0.3 is 5.32 Å². The average molecular weight is 313 g/mol. The van der Waals surface area contributed by atoms with Crippen LogP contribution in [0.15, 0.2) is 0 Å². The maximum Gasteiger partial charge on any atom is 0.131 e. The van der Waals surface area contributed by atoms with Crippen LogP contribution in [0, 0.1) is 12.8 Å². The SMILES string of the molecule is CCC1(C)CNC(C(C)C)CN1Cc1c(C)nn(C)c1Cl. The van der Waals surface area contributed by atoms with Gasteiger partial charge in [-0.3, -0.25) is 9.58 Å². The van der Waals surface area contributed by atoms with Crippen molar-refractivity contribution in [1.82, 2.24) is 20.0 Å². The molecule has 1 N–H and O–H groups in total. The van der Waals surface area contributed by atoms with Crippen molar-refractivity contribution in [3.05, 3.63) is 16.4 Å². The Hall–Kier alpha value is -0.580. The number of rotatable bonds is 4. The smallest absolute Gasteiger partial charge is 0.131 e. The van der Waals surface area contributed by atoms with Crippen molar-refractivity contribution >= 4 is 11.6 Å². The molecule has 4 nitrogen and oxygen atoms in total. The first-order chi connectivity index (χ1) is 9.78. The van der Waals surface area contributed by atoms with Crippen molar-refractivity contribution < 1.29 is 0 Å². The van der Waals surface area contributed by atoms with Gasteiger partial charge >= 0.3 is 0 Å². The molecule has 0 saturated carbocycles. The van der Waals surface area contributed by atoms with Crippen LogP contribution in [-0.2, 0) is 13.6 Å². The fourth-order valence-electron chi connectivity index (χ4n) is 3.08. The van der Waals surface area contributed by atoms with E-state index in [0.29, 0.717) is 12.0 Å². The highest BCUT2D eigenvalue weighted by atomic mass is 35.5. The molecule has 0 radical (unpaired) electrons. The summed E-state index contributed by atoms with van der Waals surface area (Å²) in [5.74, 6) is 0.638. The second-order valence-electron chi connectivity index (χ2n) is 6.94. The molecule has 2 atom stereocenters. The lowest BCUT2D eigenvalue weighted by Crippen LogP contribution is -2.63. The summed E-state index contributed by atoms with van der Waals surface area (Å²) in [4.78, 5) is 2.59. The molecule has 1 aromatic heterocycles. The van der Waals surface area contributed by atoms with Crippen LogP contribution >= 0.6 is 11.6 Å². The Morgan fingerprint density at radius 3 is 2.62 bits per heavy atom. The Bertz CT molecular complexity index is 497. The van der Waals surface area contributed by atoms with Gasteiger partial charge in [0.05, 0.1) is 5.69 Å². The number of piperazine rings is 1. The van der Waals surface area contributed by atoms with Crippen molar-refractivity contribution in [1.29, 1.82) is 0 Å². The molecule has 1 aliphatic rings. The van der Waals surface area contributed by atoms with Crippen LogP contribution in [0.2, 0.25) is 5.15 Å². The normalized spacial score (nSPS) is 27.5. The summed E-state index contributed by atoms with van der Waals surface area (Å²) >= 11 is 6.43. The molecule has 1 aromatic rings. The maximum absolute atomic E-state index is 6.43. The Morgan fingerprint density at radius 2 is 2.14 bits per heavy atom. The molecule has 0 amide bonds. The first-order valence-electron chi connectivity index (χ1n) is 7.95. The molecule has 2 heterocycles. The van der Waals surface area contributed by atoms with Gasteiger partial charge in [0, 0.05) is 43.8 Å². The highest BCUT2D eigenvalue weighted by Crippen LogP contribution is 2.29. The van der Waals surface area contributed by atoms with Gasteiger partial charge in [0.25, 0.3) is 0 Å². The number of hydrogen-bond donors (Lipinski definition) is 1. The van der Waals surface area contributed by atoms with E-state index in [1.54, 1.807) is 4.68 Å². The van der Waals surface area contributed by atoms with Gasteiger partial charge in [-0.15, -0.1) is 0 Å². The fourth-order valence-corrected chi connectivity index (χ4v) is 3.31. The van der Waals surface area contributed by atoms with E-state index in [1.807, 2.05) is 14.0 Å². The predicted molar refractivity (Wildman–Crippen MR) is 88.7 cm³/mol. The van der Waals surface area contributed by atoms with Crippen LogP contribution in [0.3, 0.4) is 0 Å². The van der Waals surface area contributed by atoms with E-state index in [0.717, 1.165) is 36.9 Å². The van der Waals surface area contributed by atoms with Gasteiger partial charge in [-0.05, 0) is 26.2 Å². The summed E-state index contributed by atoms with van der Waals surface area (Å²) in [6, 6.07) is 0.542. The molecule has 2 unspecified atom stereocenters. The van der Waals surface area contributed by atoms with Crippen molar-refractivity contribution in [3.8, 4) is 0 Å². The number of nitrogens with one attached hydrogen (secondary N) is 1. The zero-order valence-electron chi connectivity index (χ0n) is 14.2. The van der Waals surface area contributed by atoms with E-state index in [4.69, 9.17) is 11.6 Å². The summed E-state index contributed by atoms with van der Waals surface area (Å²) in [5.41, 5.74) is 2.39. The average Bonchev–Trinajstić information content (AvgIpc) is 2.67. The lowest BCUT2D eigenvalue weighted by Gasteiger charge is -2.49. The molecule has 1 aliphatic heterocycles. The van der Waals surface area contributed by atoms with Crippen molar-refractivity contribution in [2.75, 3.05) is 13.1 Å². The van der Waals surface area contributed by atoms with Crippen LogP contribution in [0.5, 0.6) is 0 Å². The summed E-state index contributed by atoms with van der Waals surface area (Å²) in [5, 5.41) is 8.93. The van der Waals surface area contributed by atoms with E-state index >= 15 is 0 Å². The fraction of sp³-hybridized carbons (Fsp3) is 0.812. The van der Waals surface area contributed by atoms with E-state index in [-0.39, 0.29) is 5.54 Å². The van der Waals surface area contributed by atoms with Crippen molar-refractivity contribution in [2.45, 2.75) is 59.2 Å². The number of aryl methyl sites for hydroxylation is 2. The highest BCUT2D eigenvalue weighted by molar-refractivity contribution is 6.30. The number of hydrogen-bond acceptors (Lipinski definition) is 3. The van der Waals surface area contributed by atoms with E-state index < -0.39 is 0 Å². The van der Waals surface area contributed by atoms with Gasteiger partial charge in [-0.25, -0.2) is 0 Å². The minimum Gasteiger partial charge on any atom is -0.311 e. The first kappa shape index (κ1) is 16.8. The topological polar surface area (TPSA) is 33.1 Å². The third kappa shape index (κ3) is 3.27. The van der Waals surface area contributed by atoms with Crippen LogP contribution in [0.1, 0.15) is 45.4 Å². The van der Waals surface area contributed by atoms with E-state index in [9.17, 15) is 0 Å². The largest absolute Gasteiger partial charge is 0.311 e. The standard InChI is InChI=1S/C16H29ClN4/c1-7-16(5)10-18-14(11(2)3)9-21(16)8-13-12(4)19-20(6)15(13)17/h11,14,18H,7-10H2,1-6H3. The third-order valence-electron chi connectivity index (χ3n) is 5.11. The van der Waals surface area contributed by atoms with E-state index in [1.165, 1.54) is 5.56 Å². The molecular formula is C16H29ClN4. The molecule has 120 valence electrons. The predicted octanol–water partition coefficient (Wildman–Crippen LogP) is 2.98. The van der Waals surface area contributed by atoms with Gasteiger partial charge in [0.15, 0.2) is 0 Å². The van der Waals surface area contributed by atoms with Gasteiger partial charge in [0.2, 0.25) is 0 Å². The molecule has 1 fully saturated rings. The first-order valence-corrected chi connectivity index (χ1v) is 8.32. The minimum atomic E-state index is 0.178. The zero-order valence-corrected chi connectivity index (χ0v) is 15.0. The molecule has 0 aromatic carbocycles. The quantitative estimate of drug-likeness (QED) is 0.928. The number of aromatic nitrogens is 2. The second kappa shape index (κ2) is 6.27. The molecule has 1 saturated heterocycles. The van der Waals surface area contributed by atoms with Gasteiger partial charge in [-0.2, -0.15) is 5.10 Å². The number of halogens is 1. The van der Waals surface area contributed by atoms with Crippen molar-refractivity contribution in [2.24, 2.45) is 13.0 Å². The van der Waals surface area contributed by atoms with E-state index in [2.05, 4.69) is 43.0 Å². The molecule has 21 heavy (non-hydrogen) atoms. The van der Waals surface area contributed by atoms with Crippen LogP contribution in [0.4, 0.5) is 0 Å². The summed E-state index contributed by atoms with van der Waals surface area (Å²) in [6.45, 7) is 14.2. The lowest BCUT2D eigenvalue weighted by molar-refractivity contribution is 0.0315. The third-order valence-corrected chi connectivity index (χ3v) is 5.58. The molecule has 0 aliphatic carbocycles. The Labute approximate surface area is 133 Å². The summed E-state index contributed by atoms with van der Waals surface area (Å²) in [6.07, 6.45) is 1.13. The molecule has 0 spiro atoms. The minimum absolute atomic E-state index is 0.178. The molecular weight excluding hydrogens is 284 g/mol. The Morgan fingerprint density at radius 1 is 1.48 bits per heavy atom. The lowest BCUT2D eigenvalue weighted by atomic mass is 9.89. The molecule has 2 rings (SSSR count). The maximum atomic E-state index is 6.43. The Kier molecular flexibility index (Phi) is 5.01. The second-order valence-corrected chi connectivity index (χ2v) is 7.30. The number of nitrogens with zero attached hydrogens (tertiary/aromatic N) is 3. The highest BCUT2D eigenvalue weighted by Gasteiger charge is 2.37. The van der Waals surface area contributed by atoms with Crippen LogP contribution in [-0.4, -0.2) is 39.4 Å². The summed E-state index contributed by atoms with van der Waals surface area (Å²) in [7, 11) is 1.91. The van der Waals surface area contributed by atoms with Crippen LogP contribution < -0.4 is 5.32 Å². The summed E-state index contributed by atoms with van der Waals surface area (Å²) < 4.78 is 1.78. The zero-order chi connectivity index (χ0) is 15.8. The van der Waals surface area contributed by atoms with Gasteiger partial charge in [0.1, 0.15) is 5.15 Å². The molecule has 5 heteroatoms. The monoisotopic (exact) mass is 312 g/mol. The van der Waals surface area contributed by atoms with Gasteiger partial charge in [-0.1, -0.05) is 32.4 Å². The molecule has 0 bridgehead atoms. The Balaban J connectivity index is 2.24. The van der Waals surface area contributed by atoms with Crippen LogP contribution in [0.25, 0.3) is 0 Å². The van der Waals surface area contributed by atoms with Crippen molar-refractivity contribution in [3.63, 3.8) is 0 Å².